The van der Waals surface area contributed by atoms with E-state index in [4.69, 9.17) is 4.74 Å². The van der Waals surface area contributed by atoms with Crippen molar-refractivity contribution in [3.05, 3.63) is 48.7 Å². The molecule has 5 rings (SSSR count). The molecule has 31 heavy (non-hydrogen) atoms. The number of rotatable bonds is 6. The molecule has 0 amide bonds. The van der Waals surface area contributed by atoms with Crippen LogP contribution in [0.2, 0.25) is 0 Å². The van der Waals surface area contributed by atoms with Crippen molar-refractivity contribution in [2.45, 2.75) is 25.8 Å². The van der Waals surface area contributed by atoms with Crippen molar-refractivity contribution in [1.82, 2.24) is 29.6 Å². The molecule has 1 N–H and O–H groups in total. The minimum absolute atomic E-state index is 0. The molecule has 2 saturated heterocycles. The number of piperazine rings is 1. The molecular weight excluding hydrogens is 392 g/mol. The fourth-order valence-electron chi connectivity index (χ4n) is 4.19. The Bertz CT molecular complexity index is 1030. The summed E-state index contributed by atoms with van der Waals surface area (Å²) in [4.78, 5) is 17.8. The Morgan fingerprint density at radius 1 is 1.10 bits per heavy atom. The lowest BCUT2D eigenvalue weighted by Gasteiger charge is -2.50. The van der Waals surface area contributed by atoms with E-state index < -0.39 is 0 Å². The third-order valence-corrected chi connectivity index (χ3v) is 6.15. The number of hydrogen-bond donors (Lipinski definition) is 1. The van der Waals surface area contributed by atoms with Crippen LogP contribution in [0, 0.1) is 0 Å². The van der Waals surface area contributed by atoms with Gasteiger partial charge in [-0.05, 0) is 37.1 Å². The lowest BCUT2D eigenvalue weighted by molar-refractivity contribution is -0.131. The molecule has 0 atom stereocenters. The maximum Gasteiger partial charge on any atom is 0.247 e. The van der Waals surface area contributed by atoms with E-state index in [9.17, 15) is 0 Å². The molecular formula is C22H30N8O. The van der Waals surface area contributed by atoms with Gasteiger partial charge in [0.25, 0.3) is 0 Å². The molecule has 0 unspecified atom stereocenters. The lowest BCUT2D eigenvalue weighted by atomic mass is 9.96. The number of aromatic nitrogens is 5. The van der Waals surface area contributed by atoms with Crippen molar-refractivity contribution in [3.63, 3.8) is 0 Å². The van der Waals surface area contributed by atoms with Crippen LogP contribution in [0.5, 0.6) is 0 Å². The van der Waals surface area contributed by atoms with Crippen LogP contribution < -0.4 is 10.2 Å². The average molecular weight is 423 g/mol. The number of ether oxygens (including phenoxy) is 1. The van der Waals surface area contributed by atoms with Crippen LogP contribution in [0.15, 0.2) is 43.1 Å². The van der Waals surface area contributed by atoms with Gasteiger partial charge in [0, 0.05) is 51.4 Å². The number of hydrogen-bond acceptors (Lipinski definition) is 8. The molecule has 3 aromatic rings. The minimum atomic E-state index is 0. The molecule has 2 aliphatic heterocycles. The van der Waals surface area contributed by atoms with E-state index in [2.05, 4.69) is 67.2 Å². The number of anilines is 3. The minimum Gasteiger partial charge on any atom is -0.377 e. The predicted octanol–water partition coefficient (Wildman–Crippen LogP) is 2.52. The first-order chi connectivity index (χ1) is 15.1. The molecule has 0 radical (unpaired) electrons. The van der Waals surface area contributed by atoms with Gasteiger partial charge < -0.3 is 15.0 Å². The highest BCUT2D eigenvalue weighted by Gasteiger charge is 2.40. The zero-order valence-corrected chi connectivity index (χ0v) is 18.0. The van der Waals surface area contributed by atoms with E-state index in [1.54, 1.807) is 29.6 Å². The molecule has 0 spiro atoms. The van der Waals surface area contributed by atoms with E-state index >= 15 is 0 Å². The monoisotopic (exact) mass is 422 g/mol. The third kappa shape index (κ3) is 4.11. The first-order valence-corrected chi connectivity index (χ1v) is 10.8. The van der Waals surface area contributed by atoms with E-state index in [0.717, 1.165) is 51.5 Å². The number of benzene rings is 1. The maximum absolute atomic E-state index is 5.45. The van der Waals surface area contributed by atoms with Gasteiger partial charge in [-0.2, -0.15) is 9.67 Å². The fraction of sp³-hybridized carbons (Fsp3) is 0.455. The molecule has 9 nitrogen and oxygen atoms in total. The van der Waals surface area contributed by atoms with Crippen LogP contribution in [-0.2, 0) is 11.2 Å². The maximum atomic E-state index is 5.45. The molecule has 0 aliphatic carbocycles. The molecule has 1 aromatic carbocycles. The summed E-state index contributed by atoms with van der Waals surface area (Å²) in [5.74, 6) is 1.17. The summed E-state index contributed by atoms with van der Waals surface area (Å²) in [6.07, 6.45) is 7.54. The summed E-state index contributed by atoms with van der Waals surface area (Å²) in [5, 5.41) is 7.84. The van der Waals surface area contributed by atoms with Crippen molar-refractivity contribution in [1.29, 1.82) is 0 Å². The number of aryl methyl sites for hydroxylation is 1. The van der Waals surface area contributed by atoms with E-state index in [-0.39, 0.29) is 6.97 Å². The quantitative estimate of drug-likeness (QED) is 0.649. The van der Waals surface area contributed by atoms with Gasteiger partial charge in [-0.1, -0.05) is 6.92 Å². The van der Waals surface area contributed by atoms with E-state index in [0.29, 0.717) is 11.8 Å². The van der Waals surface area contributed by atoms with Crippen LogP contribution >= 0.6 is 0 Å². The Balaban J connectivity index is 0.00000245. The van der Waals surface area contributed by atoms with E-state index in [1.807, 2.05) is 0 Å². The van der Waals surface area contributed by atoms with Crippen LogP contribution in [0.3, 0.4) is 0 Å². The van der Waals surface area contributed by atoms with Gasteiger partial charge >= 0.3 is 0 Å². The Hall–Kier alpha value is -3.04. The molecule has 2 aromatic heterocycles. The van der Waals surface area contributed by atoms with Gasteiger partial charge in [0.2, 0.25) is 5.95 Å². The molecule has 0 bridgehead atoms. The Kier molecular flexibility index (Phi) is 5.29. The second kappa shape index (κ2) is 8.24. The van der Waals surface area contributed by atoms with Gasteiger partial charge in [0.05, 0.1) is 24.9 Å². The Morgan fingerprint density at radius 3 is 2.61 bits per heavy atom. The molecule has 2 aliphatic rings. The molecule has 164 valence electrons. The largest absolute Gasteiger partial charge is 0.377 e. The van der Waals surface area contributed by atoms with Gasteiger partial charge in [-0.3, -0.25) is 9.88 Å². The zero-order chi connectivity index (χ0) is 21.3. The molecule has 2 fully saturated rings. The van der Waals surface area contributed by atoms with Gasteiger partial charge in [-0.25, -0.2) is 4.98 Å². The van der Waals surface area contributed by atoms with Crippen LogP contribution in [0.1, 0.15) is 20.8 Å². The highest BCUT2D eigenvalue weighted by molar-refractivity contribution is 5.64. The Labute approximate surface area is 183 Å². The first kappa shape index (κ1) is 19.9. The van der Waals surface area contributed by atoms with Crippen LogP contribution in [-0.4, -0.2) is 74.6 Å². The smallest absolute Gasteiger partial charge is 0.247 e. The molecule has 4 heterocycles. The highest BCUT2D eigenvalue weighted by Crippen LogP contribution is 2.29. The topological polar surface area (TPSA) is 84.2 Å². The zero-order valence-electron chi connectivity index (χ0n) is 18.0. The highest BCUT2D eigenvalue weighted by atomic mass is 16.5. The molecule has 0 saturated carbocycles. The number of nitrogens with zero attached hydrogens (tertiary/aromatic N) is 7. The van der Waals surface area contributed by atoms with Crippen LogP contribution in [0.25, 0.3) is 5.82 Å². The van der Waals surface area contributed by atoms with Crippen LogP contribution in [0.4, 0.5) is 17.3 Å². The van der Waals surface area contributed by atoms with Crippen molar-refractivity contribution in [2.24, 2.45) is 0 Å². The summed E-state index contributed by atoms with van der Waals surface area (Å²) in [5.41, 5.74) is 3.74. The third-order valence-electron chi connectivity index (χ3n) is 6.15. The first-order valence-electron chi connectivity index (χ1n) is 10.8. The fourth-order valence-corrected chi connectivity index (χ4v) is 4.19. The van der Waals surface area contributed by atoms with Gasteiger partial charge in [0.15, 0.2) is 5.82 Å². The van der Waals surface area contributed by atoms with Crippen molar-refractivity contribution in [2.75, 3.05) is 49.6 Å². The lowest BCUT2D eigenvalue weighted by Crippen LogP contribution is -2.64. The SMILES string of the molecule is CCc1cc(Nc2ncn(-c3cnccn3)n2)cc(N2CCN(C3(C)COC3)CC2)c1.[HH]. The second-order valence-electron chi connectivity index (χ2n) is 8.41. The normalized spacial score (nSPS) is 18.6. The van der Waals surface area contributed by atoms with E-state index in [1.165, 1.54) is 11.3 Å². The predicted molar refractivity (Wildman–Crippen MR) is 121 cm³/mol. The summed E-state index contributed by atoms with van der Waals surface area (Å²) in [7, 11) is 0. The summed E-state index contributed by atoms with van der Waals surface area (Å²) >= 11 is 0. The molecule has 9 heteroatoms. The second-order valence-corrected chi connectivity index (χ2v) is 8.41. The van der Waals surface area contributed by atoms with Crippen molar-refractivity contribution in [3.8, 4) is 5.82 Å². The average Bonchev–Trinajstić information content (AvgIpc) is 3.26. The summed E-state index contributed by atoms with van der Waals surface area (Å²) in [6, 6.07) is 6.64. The standard InChI is InChI=1S/C22H28N8O.H2/c1-3-17-10-18(26-21-25-16-30(27-21)20-13-23-4-5-24-20)12-19(11-17)28-6-8-29(9-7-28)22(2)14-31-15-22;/h4-5,10-13,16H,3,6-9,14-15H2,1-2H3,(H,26,27);1H. The number of nitrogens with one attached hydrogen (secondary N) is 1. The summed E-state index contributed by atoms with van der Waals surface area (Å²) < 4.78 is 7.07. The summed E-state index contributed by atoms with van der Waals surface area (Å²) in [6.45, 7) is 10.3. The van der Waals surface area contributed by atoms with Gasteiger partial charge in [0.1, 0.15) is 6.33 Å². The Morgan fingerprint density at radius 2 is 1.94 bits per heavy atom. The van der Waals surface area contributed by atoms with Gasteiger partial charge in [-0.15, -0.1) is 5.10 Å². The van der Waals surface area contributed by atoms with Crippen molar-refractivity contribution < 1.29 is 6.16 Å². The van der Waals surface area contributed by atoms with Crippen molar-refractivity contribution >= 4 is 17.3 Å².